The fourth-order valence-electron chi connectivity index (χ4n) is 5.24. The van der Waals surface area contributed by atoms with E-state index >= 15 is 0 Å². The fourth-order valence-corrected chi connectivity index (χ4v) is 5.24. The number of nitrogens with zero attached hydrogens (tertiary/aromatic N) is 1. The molecule has 216 valence electrons. The number of phenols is 1. The summed E-state index contributed by atoms with van der Waals surface area (Å²) in [4.78, 5) is 55.3. The molecule has 1 aliphatic heterocycles. The van der Waals surface area contributed by atoms with Crippen molar-refractivity contribution in [3.8, 4) is 5.75 Å². The summed E-state index contributed by atoms with van der Waals surface area (Å²) in [7, 11) is 1.58. The predicted molar refractivity (Wildman–Crippen MR) is 151 cm³/mol. The van der Waals surface area contributed by atoms with Crippen molar-refractivity contribution in [3.63, 3.8) is 0 Å². The van der Waals surface area contributed by atoms with Crippen molar-refractivity contribution in [2.24, 2.45) is 17.8 Å². The number of phenolic OH excluding ortho intramolecular Hbond substituents is 1. The minimum atomic E-state index is -1.27. The maximum atomic E-state index is 13.8. The zero-order valence-electron chi connectivity index (χ0n) is 23.8. The number of amides is 3. The lowest BCUT2D eigenvalue weighted by Gasteiger charge is -2.37. The molecule has 2 aromatic rings. The number of carbonyl (C=O) groups excluding carboxylic acids is 4. The van der Waals surface area contributed by atoms with Gasteiger partial charge in [-0.05, 0) is 42.4 Å². The summed E-state index contributed by atoms with van der Waals surface area (Å²) in [5.41, 5.74) is 0.847. The van der Waals surface area contributed by atoms with E-state index in [0.29, 0.717) is 6.42 Å². The number of aliphatic hydroxyl groups excluding tert-OH is 1. The van der Waals surface area contributed by atoms with Crippen molar-refractivity contribution < 1.29 is 29.4 Å². The fraction of sp³-hybridized carbons (Fsp3) is 0.484. The topological polar surface area (TPSA) is 136 Å². The van der Waals surface area contributed by atoms with Crippen LogP contribution in [0.1, 0.15) is 56.5 Å². The van der Waals surface area contributed by atoms with Gasteiger partial charge in [0.25, 0.3) is 5.91 Å². The van der Waals surface area contributed by atoms with Crippen molar-refractivity contribution in [1.29, 1.82) is 0 Å². The minimum absolute atomic E-state index is 0.00236. The lowest BCUT2D eigenvalue weighted by Crippen LogP contribution is -2.59. The number of nitrogens with one attached hydrogen (secondary N) is 2. The quantitative estimate of drug-likeness (QED) is 0.436. The van der Waals surface area contributed by atoms with Gasteiger partial charge in [0, 0.05) is 13.5 Å². The number of carbonyl (C=O) groups is 4. The zero-order chi connectivity index (χ0) is 29.6. The van der Waals surface area contributed by atoms with E-state index in [0.717, 1.165) is 5.56 Å². The van der Waals surface area contributed by atoms with E-state index in [2.05, 4.69) is 10.6 Å². The molecule has 1 fully saturated rings. The molecule has 40 heavy (non-hydrogen) atoms. The lowest BCUT2D eigenvalue weighted by atomic mass is 9.86. The van der Waals surface area contributed by atoms with E-state index in [1.165, 1.54) is 17.0 Å². The lowest BCUT2D eigenvalue weighted by molar-refractivity contribution is -0.146. The first kappa shape index (κ1) is 30.8. The Bertz CT molecular complexity index is 1200. The molecule has 1 heterocycles. The van der Waals surface area contributed by atoms with Gasteiger partial charge in [0.1, 0.15) is 11.8 Å². The summed E-state index contributed by atoms with van der Waals surface area (Å²) in [5.74, 6) is -3.54. The SMILES string of the molecule is CC(C)CC1C(=O)C[C@H](C)[C@H](NC(=O)c2ccccc2O)C(=O)N[C@@H](Cc2ccccc2)[C@@H](O)[C@@H](C)C(=O)N1C. The second-order valence-corrected chi connectivity index (χ2v) is 11.3. The van der Waals surface area contributed by atoms with Crippen LogP contribution in [0, 0.1) is 17.8 Å². The molecule has 3 amide bonds. The third-order valence-corrected chi connectivity index (χ3v) is 7.63. The Labute approximate surface area is 236 Å². The second kappa shape index (κ2) is 13.6. The van der Waals surface area contributed by atoms with Crippen LogP contribution in [0.3, 0.4) is 0 Å². The molecule has 6 atom stereocenters. The van der Waals surface area contributed by atoms with Gasteiger partial charge in [-0.25, -0.2) is 0 Å². The highest BCUT2D eigenvalue weighted by Crippen LogP contribution is 2.24. The number of aromatic hydroxyl groups is 1. The predicted octanol–water partition coefficient (Wildman–Crippen LogP) is 2.70. The van der Waals surface area contributed by atoms with E-state index in [1.54, 1.807) is 33.0 Å². The van der Waals surface area contributed by atoms with Crippen LogP contribution >= 0.6 is 0 Å². The van der Waals surface area contributed by atoms with E-state index in [9.17, 15) is 29.4 Å². The van der Waals surface area contributed by atoms with Gasteiger partial charge in [0.05, 0.1) is 29.7 Å². The highest BCUT2D eigenvalue weighted by molar-refractivity contribution is 6.00. The summed E-state index contributed by atoms with van der Waals surface area (Å²) in [6.45, 7) is 7.21. The van der Waals surface area contributed by atoms with Gasteiger partial charge in [0.2, 0.25) is 11.8 Å². The van der Waals surface area contributed by atoms with Gasteiger partial charge in [-0.15, -0.1) is 0 Å². The smallest absolute Gasteiger partial charge is 0.255 e. The number of aliphatic hydroxyl groups is 1. The molecule has 0 bridgehead atoms. The van der Waals surface area contributed by atoms with Gasteiger partial charge < -0.3 is 25.7 Å². The van der Waals surface area contributed by atoms with Crippen molar-refractivity contribution in [2.75, 3.05) is 7.05 Å². The van der Waals surface area contributed by atoms with Crippen LogP contribution in [-0.2, 0) is 20.8 Å². The summed E-state index contributed by atoms with van der Waals surface area (Å²) in [5, 5.41) is 27.2. The van der Waals surface area contributed by atoms with Crippen LogP contribution < -0.4 is 10.6 Å². The number of ketones is 1. The Balaban J connectivity index is 2.03. The number of hydrogen-bond acceptors (Lipinski definition) is 6. The monoisotopic (exact) mass is 551 g/mol. The maximum absolute atomic E-state index is 13.8. The molecule has 1 saturated heterocycles. The Morgan fingerprint density at radius 1 is 1.05 bits per heavy atom. The Hall–Kier alpha value is -3.72. The number of likely N-dealkylation sites (N-methyl/N-ethyl adjacent to an activating group) is 1. The van der Waals surface area contributed by atoms with E-state index in [1.807, 2.05) is 44.2 Å². The van der Waals surface area contributed by atoms with Crippen molar-refractivity contribution >= 4 is 23.5 Å². The largest absolute Gasteiger partial charge is 0.507 e. The van der Waals surface area contributed by atoms with Gasteiger partial charge in [-0.2, -0.15) is 0 Å². The molecule has 0 aromatic heterocycles. The van der Waals surface area contributed by atoms with Crippen LogP contribution in [-0.4, -0.2) is 69.9 Å². The molecular weight excluding hydrogens is 510 g/mol. The van der Waals surface area contributed by atoms with Crippen LogP contribution in [0.2, 0.25) is 0 Å². The molecule has 1 aliphatic rings. The first-order chi connectivity index (χ1) is 18.9. The first-order valence-electron chi connectivity index (χ1n) is 13.8. The molecule has 0 radical (unpaired) electrons. The molecule has 0 spiro atoms. The van der Waals surface area contributed by atoms with Crippen LogP contribution in [0.15, 0.2) is 54.6 Å². The highest BCUT2D eigenvalue weighted by Gasteiger charge is 2.40. The van der Waals surface area contributed by atoms with E-state index in [-0.39, 0.29) is 41.8 Å². The summed E-state index contributed by atoms with van der Waals surface area (Å²) >= 11 is 0. The number of Topliss-reactive ketones (excluding diaryl/α,β-unsaturated/α-hetero) is 1. The first-order valence-corrected chi connectivity index (χ1v) is 13.8. The Morgan fingerprint density at radius 2 is 1.68 bits per heavy atom. The summed E-state index contributed by atoms with van der Waals surface area (Å²) < 4.78 is 0. The molecule has 9 nitrogen and oxygen atoms in total. The minimum Gasteiger partial charge on any atom is -0.507 e. The van der Waals surface area contributed by atoms with Gasteiger partial charge in [0.15, 0.2) is 5.78 Å². The highest BCUT2D eigenvalue weighted by atomic mass is 16.3. The van der Waals surface area contributed by atoms with Crippen LogP contribution in [0.4, 0.5) is 0 Å². The number of para-hydroxylation sites is 1. The van der Waals surface area contributed by atoms with Gasteiger partial charge in [-0.3, -0.25) is 19.2 Å². The van der Waals surface area contributed by atoms with Crippen molar-refractivity contribution in [2.45, 2.75) is 71.2 Å². The van der Waals surface area contributed by atoms with E-state index < -0.39 is 47.9 Å². The average Bonchev–Trinajstić information content (AvgIpc) is 2.92. The van der Waals surface area contributed by atoms with Crippen LogP contribution in [0.5, 0.6) is 5.75 Å². The molecular formula is C31H41N3O6. The van der Waals surface area contributed by atoms with Gasteiger partial charge in [-0.1, -0.05) is 70.2 Å². The van der Waals surface area contributed by atoms with Crippen LogP contribution in [0.25, 0.3) is 0 Å². The normalized spacial score (nSPS) is 26.6. The number of hydrogen-bond donors (Lipinski definition) is 4. The van der Waals surface area contributed by atoms with Crippen molar-refractivity contribution in [3.05, 3.63) is 65.7 Å². The van der Waals surface area contributed by atoms with Crippen molar-refractivity contribution in [1.82, 2.24) is 15.5 Å². The maximum Gasteiger partial charge on any atom is 0.255 e. The Kier molecular flexibility index (Phi) is 10.5. The molecule has 0 aliphatic carbocycles. The van der Waals surface area contributed by atoms with Gasteiger partial charge >= 0.3 is 0 Å². The van der Waals surface area contributed by atoms with E-state index in [4.69, 9.17) is 0 Å². The summed E-state index contributed by atoms with van der Waals surface area (Å²) in [6.07, 6.45) is -0.657. The molecule has 3 rings (SSSR count). The summed E-state index contributed by atoms with van der Waals surface area (Å²) in [6, 6.07) is 12.6. The molecule has 9 heteroatoms. The third kappa shape index (κ3) is 7.47. The zero-order valence-corrected chi connectivity index (χ0v) is 23.8. The standard InChI is InChI=1S/C31H41N3O6/c1-18(2)15-24-26(36)16-19(3)27(33-29(38)22-13-9-10-14-25(22)35)30(39)32-23(17-21-11-7-6-8-12-21)28(37)20(4)31(40)34(24)5/h6-14,18-20,23-24,27-28,35,37H,15-17H2,1-5H3,(H,32,39)(H,33,38)/t19-,20+,23-,24?,27-,28-/m0/s1. The molecule has 4 N–H and O–H groups in total. The third-order valence-electron chi connectivity index (χ3n) is 7.63. The Morgan fingerprint density at radius 3 is 2.30 bits per heavy atom. The average molecular weight is 552 g/mol. The molecule has 0 saturated carbocycles. The second-order valence-electron chi connectivity index (χ2n) is 11.3. The number of rotatable bonds is 6. The number of benzene rings is 2. The molecule has 1 unspecified atom stereocenters. The molecule has 2 aromatic carbocycles.